The number of aliphatic carboxylic acids is 4. The first-order chi connectivity index (χ1) is 12.7. The zero-order valence-electron chi connectivity index (χ0n) is 15.6. The Morgan fingerprint density at radius 2 is 0.600 bits per heavy atom. The van der Waals surface area contributed by atoms with Crippen LogP contribution in [0.5, 0.6) is 0 Å². The molecular formula is C12H20AlNaO16. The van der Waals surface area contributed by atoms with Gasteiger partial charge in [-0.2, -0.15) is 0 Å². The van der Waals surface area contributed by atoms with Crippen molar-refractivity contribution in [2.45, 2.75) is 24.4 Å². The van der Waals surface area contributed by atoms with E-state index in [4.69, 9.17) is 40.9 Å². The van der Waals surface area contributed by atoms with Crippen LogP contribution in [0.2, 0.25) is 0 Å². The van der Waals surface area contributed by atoms with Gasteiger partial charge in [-0.15, -0.1) is 0 Å². The maximum atomic E-state index is 9.41. The van der Waals surface area contributed by atoms with Gasteiger partial charge < -0.3 is 80.5 Å². The van der Waals surface area contributed by atoms with Gasteiger partial charge >= 0.3 is 46.9 Å². The Balaban J connectivity index is -0.0000000626. The van der Waals surface area contributed by atoms with Crippen LogP contribution in [-0.2, 0) is 19.2 Å². The van der Waals surface area contributed by atoms with Crippen LogP contribution in [-0.4, -0.2) is 133 Å². The van der Waals surface area contributed by atoms with Crippen molar-refractivity contribution in [3.8, 4) is 0 Å². The van der Waals surface area contributed by atoms with Crippen molar-refractivity contribution < 1.29 is 110 Å². The largest absolute Gasteiger partial charge is 3.00 e. The van der Waals surface area contributed by atoms with Crippen LogP contribution in [0, 0.1) is 0 Å². The van der Waals surface area contributed by atoms with Crippen molar-refractivity contribution in [2.75, 3.05) is 26.4 Å². The van der Waals surface area contributed by atoms with Gasteiger partial charge in [0.2, 0.25) is 0 Å². The van der Waals surface area contributed by atoms with Gasteiger partial charge in [-0.05, 0) is 0 Å². The van der Waals surface area contributed by atoms with Gasteiger partial charge in [0.15, 0.2) is 0 Å². The molecule has 0 aliphatic heterocycles. The van der Waals surface area contributed by atoms with Crippen LogP contribution < -0.4 is 50.0 Å². The third-order valence-corrected chi connectivity index (χ3v) is 1.78. The molecule has 8 N–H and O–H groups in total. The molecule has 0 amide bonds. The van der Waals surface area contributed by atoms with E-state index in [2.05, 4.69) is 0 Å². The molecule has 0 radical (unpaired) electrons. The molecule has 4 unspecified atom stereocenters. The van der Waals surface area contributed by atoms with Crippen LogP contribution in [0.4, 0.5) is 0 Å². The summed E-state index contributed by atoms with van der Waals surface area (Å²) in [5, 5.41) is 101. The zero-order valence-corrected chi connectivity index (χ0v) is 18.7. The number of carbonyl (C=O) groups excluding carboxylic acids is 4. The van der Waals surface area contributed by atoms with Gasteiger partial charge in [0.1, 0.15) is 24.4 Å². The van der Waals surface area contributed by atoms with Crippen molar-refractivity contribution in [2.24, 2.45) is 0 Å². The predicted octanol–water partition coefficient (Wildman–Crippen LogP) is -15.0. The summed E-state index contributed by atoms with van der Waals surface area (Å²) in [5.41, 5.74) is 0. The fourth-order valence-corrected chi connectivity index (χ4v) is 0.298. The van der Waals surface area contributed by atoms with Crippen LogP contribution in [0.15, 0.2) is 0 Å². The van der Waals surface area contributed by atoms with Gasteiger partial charge in [0.25, 0.3) is 0 Å². The van der Waals surface area contributed by atoms with E-state index in [1.54, 1.807) is 0 Å². The van der Waals surface area contributed by atoms with E-state index in [1.165, 1.54) is 0 Å². The minimum absolute atomic E-state index is 0. The summed E-state index contributed by atoms with van der Waals surface area (Å²) in [7, 11) is 0. The quantitative estimate of drug-likeness (QED) is 0.153. The molecule has 18 heteroatoms. The molecule has 0 aliphatic rings. The molecule has 0 saturated heterocycles. The molecule has 168 valence electrons. The van der Waals surface area contributed by atoms with Crippen LogP contribution in [0.1, 0.15) is 0 Å². The Bertz CT molecular complexity index is 370. The molecule has 30 heavy (non-hydrogen) atoms. The molecule has 4 atom stereocenters. The third-order valence-electron chi connectivity index (χ3n) is 1.78. The molecule has 0 heterocycles. The van der Waals surface area contributed by atoms with Crippen molar-refractivity contribution >= 4 is 41.2 Å². The first-order valence-corrected chi connectivity index (χ1v) is 6.72. The SMILES string of the molecule is O=C([O-])C(O)CO.O=C([O-])C(O)CO.O=C([O-])C(O)CO.O=C([O-])C(O)CO.[Al+3].[Na+]. The number of aliphatic hydroxyl groups is 8. The predicted molar refractivity (Wildman–Crippen MR) is 78.2 cm³/mol. The Morgan fingerprint density at radius 3 is 0.600 bits per heavy atom. The van der Waals surface area contributed by atoms with E-state index in [1.807, 2.05) is 0 Å². The van der Waals surface area contributed by atoms with Crippen LogP contribution >= 0.6 is 0 Å². The maximum Gasteiger partial charge on any atom is 3.00 e. The molecule has 0 aliphatic carbocycles. The Labute approximate surface area is 201 Å². The monoisotopic (exact) mass is 470 g/mol. The summed E-state index contributed by atoms with van der Waals surface area (Å²) >= 11 is 0. The zero-order chi connectivity index (χ0) is 23.4. The molecule has 0 spiro atoms. The molecule has 0 saturated carbocycles. The van der Waals surface area contributed by atoms with E-state index >= 15 is 0 Å². The summed E-state index contributed by atoms with van der Waals surface area (Å²) < 4.78 is 0. The molecule has 0 aromatic heterocycles. The van der Waals surface area contributed by atoms with E-state index in [9.17, 15) is 39.6 Å². The minimum Gasteiger partial charge on any atom is -0.547 e. The number of hydrogen-bond donors (Lipinski definition) is 8. The standard InChI is InChI=1S/4C3H6O4.Al.Na/c4*4-1-2(5)3(6)7;;/h4*2,4-5H,1H2,(H,6,7);;/q;;;;+3;+1/p-4. The van der Waals surface area contributed by atoms with Gasteiger partial charge in [0.05, 0.1) is 50.3 Å². The molecule has 0 aromatic carbocycles. The van der Waals surface area contributed by atoms with E-state index in [0.29, 0.717) is 0 Å². The van der Waals surface area contributed by atoms with Gasteiger partial charge in [-0.25, -0.2) is 0 Å². The minimum atomic E-state index is -1.74. The average molecular weight is 470 g/mol. The number of carboxylic acid groups (broad SMARTS) is 4. The first kappa shape index (κ1) is 43.1. The van der Waals surface area contributed by atoms with Gasteiger partial charge in [-0.1, -0.05) is 0 Å². The molecule has 0 bridgehead atoms. The molecular weight excluding hydrogens is 450 g/mol. The summed E-state index contributed by atoms with van der Waals surface area (Å²) in [6.45, 7) is -3.16. The average Bonchev–Trinajstić information content (AvgIpc) is 2.66. The van der Waals surface area contributed by atoms with Crippen LogP contribution in [0.3, 0.4) is 0 Å². The second kappa shape index (κ2) is 28.1. The number of carboxylic acids is 4. The molecule has 0 fully saturated rings. The Hall–Kier alpha value is -0.908. The van der Waals surface area contributed by atoms with Crippen molar-refractivity contribution in [1.29, 1.82) is 0 Å². The second-order valence-corrected chi connectivity index (χ2v) is 4.07. The van der Waals surface area contributed by atoms with Crippen molar-refractivity contribution in [1.82, 2.24) is 0 Å². The summed E-state index contributed by atoms with van der Waals surface area (Å²) in [6.07, 6.45) is -6.94. The van der Waals surface area contributed by atoms with Crippen LogP contribution in [0.25, 0.3) is 0 Å². The number of carbonyl (C=O) groups is 4. The normalized spacial score (nSPS) is 12.5. The van der Waals surface area contributed by atoms with E-state index in [-0.39, 0.29) is 46.9 Å². The first-order valence-electron chi connectivity index (χ1n) is 6.72. The van der Waals surface area contributed by atoms with Gasteiger partial charge in [-0.3, -0.25) is 0 Å². The topological polar surface area (TPSA) is 322 Å². The smallest absolute Gasteiger partial charge is 0.547 e. The maximum absolute atomic E-state index is 9.41. The fourth-order valence-electron chi connectivity index (χ4n) is 0.298. The van der Waals surface area contributed by atoms with Gasteiger partial charge in [0, 0.05) is 0 Å². The summed E-state index contributed by atoms with van der Waals surface area (Å²) in [4.78, 5) is 37.6. The summed E-state index contributed by atoms with van der Waals surface area (Å²) in [6, 6.07) is 0. The van der Waals surface area contributed by atoms with E-state index in [0.717, 1.165) is 0 Å². The Morgan fingerprint density at radius 1 is 0.500 bits per heavy atom. The molecule has 16 nitrogen and oxygen atoms in total. The summed E-state index contributed by atoms with van der Waals surface area (Å²) in [5.74, 6) is -6.60. The Kier molecular flexibility index (Phi) is 40.3. The molecule has 0 rings (SSSR count). The van der Waals surface area contributed by atoms with Crippen molar-refractivity contribution in [3.63, 3.8) is 0 Å². The number of aliphatic hydroxyl groups excluding tert-OH is 8. The number of rotatable bonds is 8. The van der Waals surface area contributed by atoms with E-state index < -0.39 is 74.7 Å². The molecule has 0 aromatic rings. The fraction of sp³-hybridized carbons (Fsp3) is 0.667. The number of hydrogen-bond acceptors (Lipinski definition) is 16. The second-order valence-electron chi connectivity index (χ2n) is 4.07. The van der Waals surface area contributed by atoms with Crippen molar-refractivity contribution in [3.05, 3.63) is 0 Å². The third kappa shape index (κ3) is 34.6.